The van der Waals surface area contributed by atoms with Crippen molar-refractivity contribution in [1.82, 2.24) is 4.90 Å². The van der Waals surface area contributed by atoms with Crippen molar-refractivity contribution >= 4 is 23.4 Å². The molecule has 112 valence electrons. The van der Waals surface area contributed by atoms with E-state index in [0.717, 1.165) is 5.56 Å². The van der Waals surface area contributed by atoms with Crippen molar-refractivity contribution in [3.05, 3.63) is 47.0 Å². The van der Waals surface area contributed by atoms with Crippen LogP contribution in [0.1, 0.15) is 12.0 Å². The Morgan fingerprint density at radius 1 is 1.00 bits per heavy atom. The number of halogens is 1. The molecule has 6 atom stereocenters. The van der Waals surface area contributed by atoms with E-state index in [1.54, 1.807) is 6.07 Å². The van der Waals surface area contributed by atoms with Crippen LogP contribution >= 0.6 is 11.6 Å². The standard InChI is InChI=1S/C18H16ClNO2/c19-14-4-2-1-3-9(14)8-20-17(21)15-10-5-6-11(13-7-12(10)13)16(15)18(20)22/h1-6,10-13,15-16H,7-8H2/t10-,11-,12-,13+,15+,16+/m0/s1. The van der Waals surface area contributed by atoms with Crippen LogP contribution in [0.5, 0.6) is 0 Å². The van der Waals surface area contributed by atoms with Crippen molar-refractivity contribution in [2.24, 2.45) is 35.5 Å². The summed E-state index contributed by atoms with van der Waals surface area (Å²) < 4.78 is 0. The molecule has 2 saturated carbocycles. The van der Waals surface area contributed by atoms with Gasteiger partial charge in [0.25, 0.3) is 0 Å². The highest BCUT2D eigenvalue weighted by molar-refractivity contribution is 6.31. The molecule has 2 bridgehead atoms. The molecule has 3 nitrogen and oxygen atoms in total. The molecule has 1 saturated heterocycles. The number of allylic oxidation sites excluding steroid dienone is 2. The van der Waals surface area contributed by atoms with Gasteiger partial charge in [0.05, 0.1) is 18.4 Å². The van der Waals surface area contributed by atoms with E-state index in [9.17, 15) is 9.59 Å². The van der Waals surface area contributed by atoms with Gasteiger partial charge < -0.3 is 0 Å². The second kappa shape index (κ2) is 4.23. The van der Waals surface area contributed by atoms with E-state index in [1.807, 2.05) is 18.2 Å². The first-order chi connectivity index (χ1) is 10.7. The molecular weight excluding hydrogens is 298 g/mol. The molecule has 0 aromatic heterocycles. The molecule has 22 heavy (non-hydrogen) atoms. The zero-order chi connectivity index (χ0) is 15.0. The zero-order valence-electron chi connectivity index (χ0n) is 12.0. The number of hydrogen-bond donors (Lipinski definition) is 0. The predicted molar refractivity (Wildman–Crippen MR) is 81.7 cm³/mol. The first-order valence-corrected chi connectivity index (χ1v) is 8.31. The fourth-order valence-corrected chi connectivity index (χ4v) is 5.17. The Kier molecular flexibility index (Phi) is 2.48. The summed E-state index contributed by atoms with van der Waals surface area (Å²) in [5.41, 5.74) is 0.843. The molecule has 1 aromatic rings. The molecule has 0 radical (unpaired) electrons. The molecule has 4 heteroatoms. The van der Waals surface area contributed by atoms with Crippen LogP contribution in [-0.4, -0.2) is 16.7 Å². The minimum absolute atomic E-state index is 0.0135. The lowest BCUT2D eigenvalue weighted by Gasteiger charge is -2.37. The van der Waals surface area contributed by atoms with Crippen molar-refractivity contribution in [2.45, 2.75) is 13.0 Å². The minimum atomic E-state index is -0.117. The zero-order valence-corrected chi connectivity index (χ0v) is 12.7. The number of benzene rings is 1. The lowest BCUT2D eigenvalue weighted by Crippen LogP contribution is -2.40. The third-order valence-corrected chi connectivity index (χ3v) is 6.41. The molecule has 0 unspecified atom stereocenters. The van der Waals surface area contributed by atoms with Crippen molar-refractivity contribution in [3.8, 4) is 0 Å². The van der Waals surface area contributed by atoms with Gasteiger partial charge in [-0.3, -0.25) is 14.5 Å². The number of carbonyl (C=O) groups excluding carboxylic acids is 2. The first-order valence-electron chi connectivity index (χ1n) is 7.94. The van der Waals surface area contributed by atoms with Gasteiger partial charge in [0.2, 0.25) is 11.8 Å². The SMILES string of the molecule is O=C1[C@@H]2[C@H]3C=C[C@@H]([C@@H]4C[C@H]34)[C@H]2C(=O)N1Cc1ccccc1Cl. The smallest absolute Gasteiger partial charge is 0.234 e. The Bertz CT molecular complexity index is 692. The summed E-state index contributed by atoms with van der Waals surface area (Å²) in [6.07, 6.45) is 5.59. The summed E-state index contributed by atoms with van der Waals surface area (Å²) in [5, 5.41) is 0.613. The largest absolute Gasteiger partial charge is 0.278 e. The van der Waals surface area contributed by atoms with Crippen LogP contribution in [-0.2, 0) is 16.1 Å². The van der Waals surface area contributed by atoms with Crippen LogP contribution in [0.2, 0.25) is 5.02 Å². The normalized spacial score (nSPS) is 40.9. The molecule has 0 spiro atoms. The number of likely N-dealkylation sites (tertiary alicyclic amines) is 1. The van der Waals surface area contributed by atoms with E-state index >= 15 is 0 Å². The van der Waals surface area contributed by atoms with Gasteiger partial charge in [-0.1, -0.05) is 42.0 Å². The Balaban J connectivity index is 1.49. The molecule has 0 N–H and O–H groups in total. The fraction of sp³-hybridized carbons (Fsp3) is 0.444. The quantitative estimate of drug-likeness (QED) is 0.622. The summed E-state index contributed by atoms with van der Waals surface area (Å²) in [4.78, 5) is 27.1. The van der Waals surface area contributed by atoms with E-state index in [2.05, 4.69) is 12.2 Å². The van der Waals surface area contributed by atoms with Crippen LogP contribution in [0.3, 0.4) is 0 Å². The highest BCUT2D eigenvalue weighted by Gasteiger charge is 2.66. The van der Waals surface area contributed by atoms with Gasteiger partial charge in [0.1, 0.15) is 0 Å². The Labute approximate surface area is 133 Å². The van der Waals surface area contributed by atoms with E-state index in [1.165, 1.54) is 11.3 Å². The van der Waals surface area contributed by atoms with Gasteiger partial charge in [-0.25, -0.2) is 0 Å². The third kappa shape index (κ3) is 1.52. The van der Waals surface area contributed by atoms with Gasteiger partial charge in [0.15, 0.2) is 0 Å². The van der Waals surface area contributed by atoms with Gasteiger partial charge in [-0.15, -0.1) is 0 Å². The van der Waals surface area contributed by atoms with Crippen LogP contribution in [0.15, 0.2) is 36.4 Å². The number of imide groups is 1. The second-order valence-corrected chi connectivity index (χ2v) is 7.42. The number of carbonyl (C=O) groups is 2. The molecule has 1 aromatic carbocycles. The predicted octanol–water partition coefficient (Wildman–Crippen LogP) is 2.89. The molecule has 6 rings (SSSR count). The molecule has 4 aliphatic carbocycles. The van der Waals surface area contributed by atoms with Gasteiger partial charge in [-0.2, -0.15) is 0 Å². The monoisotopic (exact) mass is 313 g/mol. The van der Waals surface area contributed by atoms with E-state index < -0.39 is 0 Å². The van der Waals surface area contributed by atoms with E-state index in [0.29, 0.717) is 23.4 Å². The lowest BCUT2D eigenvalue weighted by molar-refractivity contribution is -0.140. The average Bonchev–Trinajstić information content (AvgIpc) is 3.30. The Hall–Kier alpha value is -1.61. The molecule has 5 aliphatic rings. The molecule has 1 heterocycles. The van der Waals surface area contributed by atoms with Crippen molar-refractivity contribution in [1.29, 1.82) is 0 Å². The Morgan fingerprint density at radius 3 is 2.18 bits per heavy atom. The van der Waals surface area contributed by atoms with Crippen LogP contribution < -0.4 is 0 Å². The summed E-state index contributed by atoms with van der Waals surface area (Å²) >= 11 is 6.19. The summed E-state index contributed by atoms with van der Waals surface area (Å²) in [6.45, 7) is 0.305. The maximum absolute atomic E-state index is 12.8. The first kappa shape index (κ1) is 12.9. The van der Waals surface area contributed by atoms with Crippen LogP contribution in [0.25, 0.3) is 0 Å². The number of hydrogen-bond acceptors (Lipinski definition) is 2. The average molecular weight is 314 g/mol. The molecular formula is C18H16ClNO2. The van der Waals surface area contributed by atoms with Crippen LogP contribution in [0.4, 0.5) is 0 Å². The minimum Gasteiger partial charge on any atom is -0.278 e. The third-order valence-electron chi connectivity index (χ3n) is 6.04. The number of rotatable bonds is 2. The summed E-state index contributed by atoms with van der Waals surface area (Å²) in [7, 11) is 0. The number of nitrogens with zero attached hydrogens (tertiary/aromatic N) is 1. The highest BCUT2D eigenvalue weighted by atomic mass is 35.5. The molecule has 2 amide bonds. The van der Waals surface area contributed by atoms with E-state index in [4.69, 9.17) is 11.6 Å². The van der Waals surface area contributed by atoms with Gasteiger partial charge in [-0.05, 0) is 41.7 Å². The van der Waals surface area contributed by atoms with Crippen molar-refractivity contribution in [3.63, 3.8) is 0 Å². The fourth-order valence-electron chi connectivity index (χ4n) is 4.97. The molecule has 3 fully saturated rings. The van der Waals surface area contributed by atoms with Crippen LogP contribution in [0, 0.1) is 35.5 Å². The van der Waals surface area contributed by atoms with Gasteiger partial charge >= 0.3 is 0 Å². The summed E-state index contributed by atoms with van der Waals surface area (Å²) in [6, 6.07) is 7.43. The topological polar surface area (TPSA) is 37.4 Å². The number of amides is 2. The Morgan fingerprint density at radius 2 is 1.59 bits per heavy atom. The maximum Gasteiger partial charge on any atom is 0.234 e. The maximum atomic E-state index is 12.8. The van der Waals surface area contributed by atoms with Crippen molar-refractivity contribution in [2.75, 3.05) is 0 Å². The second-order valence-electron chi connectivity index (χ2n) is 7.01. The lowest BCUT2D eigenvalue weighted by atomic mass is 9.63. The van der Waals surface area contributed by atoms with E-state index in [-0.39, 0.29) is 35.5 Å². The highest BCUT2D eigenvalue weighted by Crippen LogP contribution is 2.65. The molecule has 1 aliphatic heterocycles. The van der Waals surface area contributed by atoms with Crippen molar-refractivity contribution < 1.29 is 9.59 Å². The van der Waals surface area contributed by atoms with Gasteiger partial charge in [0, 0.05) is 5.02 Å². The summed E-state index contributed by atoms with van der Waals surface area (Å²) in [5.74, 6) is 1.66.